The van der Waals surface area contributed by atoms with Crippen LogP contribution in [0, 0.1) is 0 Å². The fourth-order valence-corrected chi connectivity index (χ4v) is 0.362. The summed E-state index contributed by atoms with van der Waals surface area (Å²) in [5.41, 5.74) is 4.53. The van der Waals surface area contributed by atoms with E-state index in [0.717, 1.165) is 18.9 Å². The van der Waals surface area contributed by atoms with Gasteiger partial charge in [-0.1, -0.05) is 26.3 Å². The van der Waals surface area contributed by atoms with Crippen LogP contribution in [0.2, 0.25) is 0 Å². The maximum Gasteiger partial charge on any atom is 0.240 e. The normalized spacial score (nSPS) is 7.82. The van der Waals surface area contributed by atoms with Gasteiger partial charge in [-0.25, -0.2) is 0 Å². The molecule has 3 N–H and O–H groups in total. The lowest BCUT2D eigenvalue weighted by Gasteiger charge is -1.85. The van der Waals surface area contributed by atoms with Crippen molar-refractivity contribution >= 4 is 5.91 Å². The number of aliphatic hydroxyl groups is 1. The van der Waals surface area contributed by atoms with Gasteiger partial charge in [0.2, 0.25) is 5.91 Å². The van der Waals surface area contributed by atoms with Crippen LogP contribution in [0.5, 0.6) is 0 Å². The van der Waals surface area contributed by atoms with Crippen LogP contribution in [-0.4, -0.2) is 17.6 Å². The van der Waals surface area contributed by atoms with Crippen LogP contribution in [-0.2, 0) is 4.79 Å². The second-order valence-electron chi connectivity index (χ2n) is 2.04. The van der Waals surface area contributed by atoms with Crippen molar-refractivity contribution in [3.63, 3.8) is 0 Å². The second-order valence-corrected chi connectivity index (χ2v) is 2.04. The molecular weight excluding hydrogens is 142 g/mol. The number of amides is 1. The lowest BCUT2D eigenvalue weighted by molar-refractivity contribution is -0.113. The van der Waals surface area contributed by atoms with Crippen LogP contribution >= 0.6 is 0 Å². The maximum absolute atomic E-state index is 9.47. The first-order valence-corrected chi connectivity index (χ1v) is 3.71. The summed E-state index contributed by atoms with van der Waals surface area (Å²) in [6.45, 7) is 5.56. The van der Waals surface area contributed by atoms with E-state index in [1.165, 1.54) is 6.42 Å². The first-order chi connectivity index (χ1) is 5.18. The van der Waals surface area contributed by atoms with E-state index in [9.17, 15) is 4.79 Å². The molecule has 1 amide bonds. The van der Waals surface area contributed by atoms with Crippen molar-refractivity contribution in [1.82, 2.24) is 0 Å². The highest BCUT2D eigenvalue weighted by molar-refractivity contribution is 5.84. The van der Waals surface area contributed by atoms with Crippen molar-refractivity contribution in [3.8, 4) is 0 Å². The first-order valence-electron chi connectivity index (χ1n) is 3.71. The molecular formula is C8H17NO2. The monoisotopic (exact) mass is 159 g/mol. The Labute approximate surface area is 67.9 Å². The van der Waals surface area contributed by atoms with Gasteiger partial charge in [-0.15, -0.1) is 0 Å². The number of primary amides is 1. The van der Waals surface area contributed by atoms with Crippen LogP contribution in [0.4, 0.5) is 0 Å². The summed E-state index contributed by atoms with van der Waals surface area (Å²) in [7, 11) is 0. The fraction of sp³-hybridized carbons (Fsp3) is 0.625. The Balaban J connectivity index is 0. The van der Waals surface area contributed by atoms with E-state index in [4.69, 9.17) is 5.11 Å². The van der Waals surface area contributed by atoms with Crippen molar-refractivity contribution in [1.29, 1.82) is 0 Å². The maximum atomic E-state index is 9.47. The van der Waals surface area contributed by atoms with Crippen LogP contribution in [0.3, 0.4) is 0 Å². The van der Waals surface area contributed by atoms with Crippen LogP contribution < -0.4 is 5.73 Å². The molecule has 0 aromatic carbocycles. The molecule has 3 heteroatoms. The van der Waals surface area contributed by atoms with Crippen molar-refractivity contribution < 1.29 is 9.90 Å². The number of rotatable bonds is 4. The molecule has 0 aliphatic heterocycles. The zero-order valence-corrected chi connectivity index (χ0v) is 7.05. The van der Waals surface area contributed by atoms with Gasteiger partial charge in [-0.2, -0.15) is 0 Å². The number of carbonyl (C=O) groups excluding carboxylic acids is 1. The number of carbonyl (C=O) groups is 1. The van der Waals surface area contributed by atoms with E-state index in [1.54, 1.807) is 0 Å². The third kappa shape index (κ3) is 27.1. The Hall–Kier alpha value is -0.830. The van der Waals surface area contributed by atoms with Crippen LogP contribution in [0.15, 0.2) is 12.7 Å². The molecule has 0 heterocycles. The van der Waals surface area contributed by atoms with Gasteiger partial charge in [0, 0.05) is 6.61 Å². The summed E-state index contributed by atoms with van der Waals surface area (Å²) in [5.74, 6) is -0.481. The predicted molar refractivity (Wildman–Crippen MR) is 46.0 cm³/mol. The van der Waals surface area contributed by atoms with Gasteiger partial charge in [0.05, 0.1) is 0 Å². The smallest absolute Gasteiger partial charge is 0.240 e. The number of aliphatic hydroxyl groups excluding tert-OH is 1. The van der Waals surface area contributed by atoms with Gasteiger partial charge in [-0.05, 0) is 12.5 Å². The molecule has 0 atom stereocenters. The highest BCUT2D eigenvalue weighted by Gasteiger charge is 1.76. The summed E-state index contributed by atoms with van der Waals surface area (Å²) in [5, 5.41) is 8.20. The Bertz CT molecular complexity index is 98.3. The Morgan fingerprint density at radius 1 is 1.64 bits per heavy atom. The molecule has 0 aliphatic rings. The molecule has 0 rings (SSSR count). The van der Waals surface area contributed by atoms with Gasteiger partial charge >= 0.3 is 0 Å². The fourth-order valence-electron chi connectivity index (χ4n) is 0.362. The Morgan fingerprint density at radius 3 is 2.18 bits per heavy atom. The third-order valence-corrected chi connectivity index (χ3v) is 0.963. The van der Waals surface area contributed by atoms with Crippen molar-refractivity contribution in [2.45, 2.75) is 26.2 Å². The minimum absolute atomic E-state index is 0.355. The highest BCUT2D eigenvalue weighted by Crippen LogP contribution is 1.89. The van der Waals surface area contributed by atoms with E-state index in [-0.39, 0.29) is 0 Å². The summed E-state index contributed by atoms with van der Waals surface area (Å²) < 4.78 is 0. The Morgan fingerprint density at radius 2 is 2.09 bits per heavy atom. The van der Waals surface area contributed by atoms with Crippen molar-refractivity contribution in [2.24, 2.45) is 5.73 Å². The molecule has 0 bridgehead atoms. The molecule has 11 heavy (non-hydrogen) atoms. The summed E-state index contributed by atoms with van der Waals surface area (Å²) in [4.78, 5) is 9.47. The number of hydrogen-bond acceptors (Lipinski definition) is 2. The molecule has 0 radical (unpaired) electrons. The lowest BCUT2D eigenvalue weighted by Crippen LogP contribution is -2.04. The molecule has 3 nitrogen and oxygen atoms in total. The molecule has 0 aliphatic carbocycles. The quantitative estimate of drug-likeness (QED) is 0.471. The minimum Gasteiger partial charge on any atom is -0.396 e. The molecule has 0 saturated heterocycles. The zero-order chi connectivity index (χ0) is 9.11. The van der Waals surface area contributed by atoms with Gasteiger partial charge < -0.3 is 10.8 Å². The zero-order valence-electron chi connectivity index (χ0n) is 7.05. The van der Waals surface area contributed by atoms with Gasteiger partial charge in [0.1, 0.15) is 0 Å². The summed E-state index contributed by atoms with van der Waals surface area (Å²) in [6, 6.07) is 0. The summed E-state index contributed by atoms with van der Waals surface area (Å²) >= 11 is 0. The molecule has 0 aromatic rings. The molecule has 0 saturated carbocycles. The highest BCUT2D eigenvalue weighted by atomic mass is 16.2. The number of hydrogen-bond donors (Lipinski definition) is 2. The van der Waals surface area contributed by atoms with E-state index in [0.29, 0.717) is 6.61 Å². The lowest BCUT2D eigenvalue weighted by atomic mass is 10.3. The average molecular weight is 159 g/mol. The second kappa shape index (κ2) is 11.9. The molecule has 0 aromatic heterocycles. The largest absolute Gasteiger partial charge is 0.396 e. The third-order valence-electron chi connectivity index (χ3n) is 0.963. The molecule has 66 valence electrons. The van der Waals surface area contributed by atoms with Crippen LogP contribution in [0.1, 0.15) is 26.2 Å². The number of nitrogens with two attached hydrogens (primary N) is 1. The standard InChI is InChI=1S/C5H12O.C3H5NO/c1-2-3-4-5-6;1-2-3(4)5/h6H,2-5H2,1H3;2H,1H2,(H2,4,5). The van der Waals surface area contributed by atoms with E-state index in [1.807, 2.05) is 0 Å². The van der Waals surface area contributed by atoms with Crippen molar-refractivity contribution in [2.75, 3.05) is 6.61 Å². The average Bonchev–Trinajstić information content (AvgIpc) is 2.02. The van der Waals surface area contributed by atoms with Gasteiger partial charge in [0.15, 0.2) is 0 Å². The summed E-state index contributed by atoms with van der Waals surface area (Å²) in [6.07, 6.45) is 4.38. The predicted octanol–water partition coefficient (Wildman–Crippen LogP) is 0.827. The van der Waals surface area contributed by atoms with Crippen LogP contribution in [0.25, 0.3) is 0 Å². The molecule has 0 unspecified atom stereocenters. The SMILES string of the molecule is C=CC(N)=O.CCCCCO. The van der Waals surface area contributed by atoms with E-state index in [2.05, 4.69) is 19.2 Å². The minimum atomic E-state index is -0.481. The molecule has 0 fully saturated rings. The first kappa shape index (κ1) is 12.8. The number of unbranched alkanes of at least 4 members (excludes halogenated alkanes) is 2. The topological polar surface area (TPSA) is 63.3 Å². The Kier molecular flexibility index (Phi) is 13.9. The van der Waals surface area contributed by atoms with Crippen molar-refractivity contribution in [3.05, 3.63) is 12.7 Å². The van der Waals surface area contributed by atoms with Gasteiger partial charge in [-0.3, -0.25) is 4.79 Å². The van der Waals surface area contributed by atoms with E-state index >= 15 is 0 Å². The van der Waals surface area contributed by atoms with E-state index < -0.39 is 5.91 Å². The van der Waals surface area contributed by atoms with Gasteiger partial charge in [0.25, 0.3) is 0 Å². The molecule has 0 spiro atoms.